The van der Waals surface area contributed by atoms with E-state index in [4.69, 9.17) is 14.2 Å². The van der Waals surface area contributed by atoms with Gasteiger partial charge in [-0.05, 0) is 83.5 Å². The van der Waals surface area contributed by atoms with Crippen LogP contribution in [0.4, 0.5) is 0 Å². The first kappa shape index (κ1) is 78.8. The second-order valence-electron chi connectivity index (χ2n) is 24.1. The fourth-order valence-electron chi connectivity index (χ4n) is 10.6. The number of carbonyl (C=O) groups excluding carboxylic acids is 3. The highest BCUT2D eigenvalue weighted by atomic mass is 16.6. The largest absolute Gasteiger partial charge is 0.462 e. The molecule has 0 radical (unpaired) electrons. The Morgan fingerprint density at radius 1 is 0.256 bits per heavy atom. The number of allylic oxidation sites excluding steroid dienone is 12. The van der Waals surface area contributed by atoms with Crippen molar-refractivity contribution in [2.24, 2.45) is 0 Å². The summed E-state index contributed by atoms with van der Waals surface area (Å²) in [4.78, 5) is 38.3. The first-order valence-corrected chi connectivity index (χ1v) is 35.9. The zero-order chi connectivity index (χ0) is 59.2. The molecule has 0 bridgehead atoms. The molecule has 0 aliphatic heterocycles. The smallest absolute Gasteiger partial charge is 0.306 e. The van der Waals surface area contributed by atoms with Gasteiger partial charge >= 0.3 is 17.9 Å². The summed E-state index contributed by atoms with van der Waals surface area (Å²) in [5.41, 5.74) is 0. The fourth-order valence-corrected chi connectivity index (χ4v) is 10.6. The molecule has 6 nitrogen and oxygen atoms in total. The minimum absolute atomic E-state index is 0.0942. The number of hydrogen-bond acceptors (Lipinski definition) is 6. The molecule has 0 aliphatic rings. The number of rotatable bonds is 66. The average Bonchev–Trinajstić information content (AvgIpc) is 3.47. The molecule has 0 saturated carbocycles. The molecule has 0 aromatic carbocycles. The molecule has 1 unspecified atom stereocenters. The van der Waals surface area contributed by atoms with E-state index < -0.39 is 6.10 Å². The van der Waals surface area contributed by atoms with Gasteiger partial charge in [-0.3, -0.25) is 14.4 Å². The van der Waals surface area contributed by atoms with Crippen LogP contribution in [0.5, 0.6) is 0 Å². The predicted molar refractivity (Wildman–Crippen MR) is 358 cm³/mol. The topological polar surface area (TPSA) is 78.9 Å². The Morgan fingerprint density at radius 2 is 0.488 bits per heavy atom. The fraction of sp³-hybridized carbons (Fsp3) is 0.803. The van der Waals surface area contributed by atoms with Crippen LogP contribution in [0.1, 0.15) is 374 Å². The van der Waals surface area contributed by atoms with Gasteiger partial charge in [0.25, 0.3) is 0 Å². The van der Waals surface area contributed by atoms with Crippen LogP contribution in [0.25, 0.3) is 0 Å². The summed E-state index contributed by atoms with van der Waals surface area (Å²) >= 11 is 0. The number of esters is 3. The van der Waals surface area contributed by atoms with E-state index >= 15 is 0 Å². The third kappa shape index (κ3) is 67.6. The number of ether oxygens (including phenoxy) is 3. The summed E-state index contributed by atoms with van der Waals surface area (Å²) in [6.07, 6.45) is 92.6. The Kier molecular flexibility index (Phi) is 67.6. The lowest BCUT2D eigenvalue weighted by molar-refractivity contribution is -0.167. The van der Waals surface area contributed by atoms with E-state index in [0.29, 0.717) is 19.3 Å². The number of hydrogen-bond donors (Lipinski definition) is 0. The second kappa shape index (κ2) is 70.3. The molecule has 0 N–H and O–H groups in total. The molecule has 0 rings (SSSR count). The molecule has 0 heterocycles. The van der Waals surface area contributed by atoms with Crippen LogP contribution in [-0.4, -0.2) is 37.2 Å². The van der Waals surface area contributed by atoms with E-state index in [1.54, 1.807) is 0 Å². The van der Waals surface area contributed by atoms with Crippen LogP contribution < -0.4 is 0 Å². The molecular weight excluding hydrogens is 1010 g/mol. The zero-order valence-corrected chi connectivity index (χ0v) is 54.8. The van der Waals surface area contributed by atoms with Crippen molar-refractivity contribution in [2.75, 3.05) is 13.2 Å². The normalized spacial score (nSPS) is 12.5. The lowest BCUT2D eigenvalue weighted by Gasteiger charge is -2.18. The van der Waals surface area contributed by atoms with Crippen LogP contribution in [0, 0.1) is 0 Å². The molecule has 0 spiro atoms. The Hall–Kier alpha value is -3.15. The Labute approximate surface area is 510 Å². The van der Waals surface area contributed by atoms with Gasteiger partial charge in [-0.1, -0.05) is 344 Å². The lowest BCUT2D eigenvalue weighted by Crippen LogP contribution is -2.30. The summed E-state index contributed by atoms with van der Waals surface area (Å²) in [7, 11) is 0. The highest BCUT2D eigenvalue weighted by Crippen LogP contribution is 2.19. The van der Waals surface area contributed by atoms with Crippen molar-refractivity contribution in [3.05, 3.63) is 72.9 Å². The average molecular weight is 1150 g/mol. The van der Waals surface area contributed by atoms with Crippen molar-refractivity contribution in [1.29, 1.82) is 0 Å². The quantitative estimate of drug-likeness (QED) is 0.0261. The molecule has 0 saturated heterocycles. The maximum absolute atomic E-state index is 12.9. The molecule has 476 valence electrons. The minimum Gasteiger partial charge on any atom is -0.462 e. The highest BCUT2D eigenvalue weighted by Gasteiger charge is 2.19. The molecule has 82 heavy (non-hydrogen) atoms. The molecule has 0 aliphatic carbocycles. The summed E-state index contributed by atoms with van der Waals surface area (Å²) in [6, 6.07) is 0. The van der Waals surface area contributed by atoms with Gasteiger partial charge < -0.3 is 14.2 Å². The van der Waals surface area contributed by atoms with Gasteiger partial charge in [-0.25, -0.2) is 0 Å². The Balaban J connectivity index is 4.09. The van der Waals surface area contributed by atoms with Crippen molar-refractivity contribution in [1.82, 2.24) is 0 Å². The van der Waals surface area contributed by atoms with E-state index in [2.05, 4.69) is 93.7 Å². The zero-order valence-electron chi connectivity index (χ0n) is 54.8. The van der Waals surface area contributed by atoms with Crippen LogP contribution in [0.3, 0.4) is 0 Å². The van der Waals surface area contributed by atoms with Crippen molar-refractivity contribution in [3.8, 4) is 0 Å². The third-order valence-electron chi connectivity index (χ3n) is 15.9. The Morgan fingerprint density at radius 3 is 0.805 bits per heavy atom. The summed E-state index contributed by atoms with van der Waals surface area (Å²) in [6.45, 7) is 6.49. The SMILES string of the molecule is CC/C=C\C/C=C\C/C=C\C/C=C\CCCCC(=O)OC(COC(=O)CCCCCCC/C=C\C/C=C\CCCC)COC(=O)CCCCCCCCCCCCCCCCCCCCCCCCCCCCCCCCCCCCC. The van der Waals surface area contributed by atoms with Crippen molar-refractivity contribution >= 4 is 17.9 Å². The minimum atomic E-state index is -0.803. The van der Waals surface area contributed by atoms with E-state index in [9.17, 15) is 14.4 Å². The van der Waals surface area contributed by atoms with Gasteiger partial charge in [0.1, 0.15) is 13.2 Å². The lowest BCUT2D eigenvalue weighted by atomic mass is 10.0. The maximum Gasteiger partial charge on any atom is 0.306 e. The predicted octanol–water partition coefficient (Wildman–Crippen LogP) is 24.8. The third-order valence-corrected chi connectivity index (χ3v) is 15.9. The highest BCUT2D eigenvalue weighted by molar-refractivity contribution is 5.71. The van der Waals surface area contributed by atoms with E-state index in [0.717, 1.165) is 103 Å². The molecule has 0 aromatic heterocycles. The van der Waals surface area contributed by atoms with E-state index in [-0.39, 0.29) is 37.5 Å². The molecule has 1 atom stereocenters. The summed E-state index contributed by atoms with van der Waals surface area (Å²) in [5, 5.41) is 0. The summed E-state index contributed by atoms with van der Waals surface area (Å²) < 4.78 is 16.9. The second-order valence-corrected chi connectivity index (χ2v) is 24.1. The van der Waals surface area contributed by atoms with Crippen LogP contribution in [0.2, 0.25) is 0 Å². The van der Waals surface area contributed by atoms with Gasteiger partial charge in [0, 0.05) is 19.3 Å². The van der Waals surface area contributed by atoms with Crippen LogP contribution >= 0.6 is 0 Å². The first-order valence-electron chi connectivity index (χ1n) is 35.9. The van der Waals surface area contributed by atoms with Gasteiger partial charge in [0.2, 0.25) is 0 Å². The molecule has 0 amide bonds. The van der Waals surface area contributed by atoms with Gasteiger partial charge in [-0.2, -0.15) is 0 Å². The maximum atomic E-state index is 12.9. The van der Waals surface area contributed by atoms with Crippen LogP contribution in [-0.2, 0) is 28.6 Å². The monoisotopic (exact) mass is 1150 g/mol. The Bertz CT molecular complexity index is 1500. The van der Waals surface area contributed by atoms with Crippen LogP contribution in [0.15, 0.2) is 72.9 Å². The molecule has 0 fully saturated rings. The van der Waals surface area contributed by atoms with E-state index in [1.807, 2.05) is 0 Å². The molecular formula is C76H136O6. The van der Waals surface area contributed by atoms with Gasteiger partial charge in [0.15, 0.2) is 6.10 Å². The van der Waals surface area contributed by atoms with Gasteiger partial charge in [-0.15, -0.1) is 0 Å². The summed E-state index contributed by atoms with van der Waals surface area (Å²) in [5.74, 6) is -0.935. The van der Waals surface area contributed by atoms with Gasteiger partial charge in [0.05, 0.1) is 0 Å². The van der Waals surface area contributed by atoms with Crippen molar-refractivity contribution < 1.29 is 28.6 Å². The van der Waals surface area contributed by atoms with Crippen molar-refractivity contribution in [3.63, 3.8) is 0 Å². The number of unbranched alkanes of at least 4 members (excludes halogenated alkanes) is 43. The number of carbonyl (C=O) groups is 3. The molecule has 0 aromatic rings. The molecule has 6 heteroatoms. The standard InChI is InChI=1S/C76H136O6/c1-4-7-10-13-16-19-22-25-28-29-30-31-32-33-34-35-36-37-38-39-40-41-42-43-44-45-46-47-49-51-54-57-60-63-66-69-75(78)81-72-73(71-80-74(77)68-65-62-59-56-53-50-27-24-21-18-15-12-9-6-3)82-76(79)70-67-64-61-58-55-52-48-26-23-20-17-14-11-8-5-2/h8,11,15,17-18,20,24,26-27,48,55,58,73H,4-7,9-10,12-14,16,19,21-23,25,28-47,49-54,56-57,59-72H2,1-3H3/b11-8-,18-15-,20-17-,27-24-,48-26-,58-55-. The van der Waals surface area contributed by atoms with Crippen molar-refractivity contribution in [2.45, 2.75) is 380 Å². The van der Waals surface area contributed by atoms with E-state index in [1.165, 1.54) is 225 Å². The first-order chi connectivity index (χ1) is 40.5.